The zero-order valence-corrected chi connectivity index (χ0v) is 8.95. The summed E-state index contributed by atoms with van der Waals surface area (Å²) in [6, 6.07) is 9.07. The number of benzene rings is 1. The van der Waals surface area contributed by atoms with Crippen molar-refractivity contribution in [3.8, 4) is 0 Å². The smallest absolute Gasteiger partial charge is 0.0804 e. The highest BCUT2D eigenvalue weighted by atomic mass is 16.5. The number of aliphatic hydroxyl groups excluding tert-OH is 1. The van der Waals surface area contributed by atoms with Crippen LogP contribution in [0.4, 0.5) is 0 Å². The Morgan fingerprint density at radius 3 is 2.79 bits per heavy atom. The molecule has 0 unspecified atom stereocenters. The average molecular weight is 193 g/mol. The molecule has 0 aliphatic rings. The highest BCUT2D eigenvalue weighted by molar-refractivity contribution is 5.22. The molecule has 0 aromatic heterocycles. The second-order valence-electron chi connectivity index (χ2n) is 3.65. The van der Waals surface area contributed by atoms with Gasteiger partial charge in [0.2, 0.25) is 0 Å². The Labute approximate surface area is 85.5 Å². The fraction of sp³-hybridized carbons (Fsp3) is 0.500. The third kappa shape index (κ3) is 3.48. The van der Waals surface area contributed by atoms with Crippen LogP contribution in [0.5, 0.6) is 0 Å². The molecule has 0 bridgehead atoms. The van der Waals surface area contributed by atoms with Crippen LogP contribution in [0.25, 0.3) is 0 Å². The molecule has 1 aromatic carbocycles. The SMILES string of the molecule is Cc1cc[c]c([C@@H](C)OC[C@@H](C)O)c1. The number of aryl methyl sites for hydroxylation is 1. The van der Waals surface area contributed by atoms with Gasteiger partial charge in [0.05, 0.1) is 18.8 Å². The van der Waals surface area contributed by atoms with Crippen molar-refractivity contribution in [2.24, 2.45) is 0 Å². The summed E-state index contributed by atoms with van der Waals surface area (Å²) in [5, 5.41) is 9.07. The maximum atomic E-state index is 9.07. The molecule has 0 fully saturated rings. The van der Waals surface area contributed by atoms with Crippen LogP contribution >= 0.6 is 0 Å². The van der Waals surface area contributed by atoms with Crippen molar-refractivity contribution >= 4 is 0 Å². The van der Waals surface area contributed by atoms with Crippen molar-refractivity contribution in [2.75, 3.05) is 6.61 Å². The van der Waals surface area contributed by atoms with Gasteiger partial charge in [-0.15, -0.1) is 0 Å². The Hall–Kier alpha value is -0.860. The molecule has 14 heavy (non-hydrogen) atoms. The molecule has 1 aromatic rings. The van der Waals surface area contributed by atoms with Crippen LogP contribution in [0, 0.1) is 13.0 Å². The summed E-state index contributed by atoms with van der Waals surface area (Å²) in [6.07, 6.45) is -0.424. The average Bonchev–Trinajstić information content (AvgIpc) is 2.14. The number of aliphatic hydroxyl groups is 1. The van der Waals surface area contributed by atoms with Crippen LogP contribution in [0.2, 0.25) is 0 Å². The van der Waals surface area contributed by atoms with E-state index in [4.69, 9.17) is 9.84 Å². The van der Waals surface area contributed by atoms with Crippen LogP contribution in [0.1, 0.15) is 31.1 Å². The zero-order valence-electron chi connectivity index (χ0n) is 8.95. The number of hydrogen-bond donors (Lipinski definition) is 1. The topological polar surface area (TPSA) is 29.5 Å². The molecule has 2 heteroatoms. The Bertz CT molecular complexity index is 281. The predicted molar refractivity (Wildman–Crippen MR) is 56.1 cm³/mol. The van der Waals surface area contributed by atoms with E-state index in [-0.39, 0.29) is 6.10 Å². The summed E-state index contributed by atoms with van der Waals surface area (Å²) < 4.78 is 5.46. The second-order valence-corrected chi connectivity index (χ2v) is 3.65. The van der Waals surface area contributed by atoms with E-state index < -0.39 is 6.10 Å². The largest absolute Gasteiger partial charge is 0.391 e. The molecular weight excluding hydrogens is 176 g/mol. The van der Waals surface area contributed by atoms with Gasteiger partial charge in [0, 0.05) is 0 Å². The first kappa shape index (κ1) is 11.2. The van der Waals surface area contributed by atoms with Gasteiger partial charge in [-0.2, -0.15) is 0 Å². The molecule has 1 rings (SSSR count). The molecule has 2 nitrogen and oxygen atoms in total. The fourth-order valence-electron chi connectivity index (χ4n) is 1.21. The summed E-state index contributed by atoms with van der Waals surface area (Å²) in [4.78, 5) is 0. The molecule has 0 amide bonds. The molecule has 1 N–H and O–H groups in total. The Kier molecular flexibility index (Phi) is 4.11. The van der Waals surface area contributed by atoms with E-state index in [1.165, 1.54) is 5.56 Å². The van der Waals surface area contributed by atoms with Crippen molar-refractivity contribution in [1.29, 1.82) is 0 Å². The summed E-state index contributed by atoms with van der Waals surface area (Å²) in [5.41, 5.74) is 2.23. The lowest BCUT2D eigenvalue weighted by Crippen LogP contribution is -2.12. The highest BCUT2D eigenvalue weighted by Crippen LogP contribution is 2.17. The number of ether oxygens (including phenoxy) is 1. The molecular formula is C12H17O2. The van der Waals surface area contributed by atoms with Crippen molar-refractivity contribution < 1.29 is 9.84 Å². The zero-order chi connectivity index (χ0) is 10.6. The van der Waals surface area contributed by atoms with E-state index >= 15 is 0 Å². The van der Waals surface area contributed by atoms with Crippen LogP contribution in [-0.4, -0.2) is 17.8 Å². The maximum Gasteiger partial charge on any atom is 0.0804 e. The summed E-state index contributed by atoms with van der Waals surface area (Å²) in [6.45, 7) is 6.09. The van der Waals surface area contributed by atoms with Gasteiger partial charge in [0.15, 0.2) is 0 Å². The normalized spacial score (nSPS) is 15.1. The lowest BCUT2D eigenvalue weighted by molar-refractivity contribution is 0.00437. The van der Waals surface area contributed by atoms with Gasteiger partial charge in [-0.05, 0) is 32.4 Å². The minimum absolute atomic E-state index is 0.00972. The molecule has 77 valence electrons. The van der Waals surface area contributed by atoms with Crippen LogP contribution in [0.15, 0.2) is 18.2 Å². The first-order valence-electron chi connectivity index (χ1n) is 4.87. The minimum Gasteiger partial charge on any atom is -0.391 e. The van der Waals surface area contributed by atoms with E-state index in [9.17, 15) is 0 Å². The van der Waals surface area contributed by atoms with E-state index in [1.54, 1.807) is 6.92 Å². The van der Waals surface area contributed by atoms with Gasteiger partial charge in [0.25, 0.3) is 0 Å². The van der Waals surface area contributed by atoms with Crippen LogP contribution < -0.4 is 0 Å². The predicted octanol–water partition coefficient (Wildman–Crippen LogP) is 2.25. The molecule has 0 heterocycles. The highest BCUT2D eigenvalue weighted by Gasteiger charge is 2.07. The van der Waals surface area contributed by atoms with E-state index in [0.717, 1.165) is 5.56 Å². The van der Waals surface area contributed by atoms with Gasteiger partial charge in [-0.3, -0.25) is 0 Å². The van der Waals surface area contributed by atoms with Gasteiger partial charge in [-0.25, -0.2) is 0 Å². The van der Waals surface area contributed by atoms with Crippen LogP contribution in [-0.2, 0) is 4.74 Å². The van der Waals surface area contributed by atoms with Crippen molar-refractivity contribution in [3.05, 3.63) is 35.4 Å². The third-order valence-corrected chi connectivity index (χ3v) is 2.00. The first-order valence-corrected chi connectivity index (χ1v) is 4.87. The lowest BCUT2D eigenvalue weighted by Gasteiger charge is -2.14. The monoisotopic (exact) mass is 193 g/mol. The molecule has 0 spiro atoms. The van der Waals surface area contributed by atoms with Gasteiger partial charge in [0.1, 0.15) is 0 Å². The Morgan fingerprint density at radius 1 is 1.50 bits per heavy atom. The van der Waals surface area contributed by atoms with Crippen molar-refractivity contribution in [1.82, 2.24) is 0 Å². The van der Waals surface area contributed by atoms with Gasteiger partial charge >= 0.3 is 0 Å². The molecule has 2 atom stereocenters. The molecule has 0 saturated heterocycles. The van der Waals surface area contributed by atoms with E-state index in [0.29, 0.717) is 6.61 Å². The standard InChI is InChI=1S/C12H17O2/c1-9-5-4-6-12(7-9)11(3)14-8-10(2)13/h4-5,7,10-11,13H,8H2,1-3H3/t10-,11-/m1/s1. The van der Waals surface area contributed by atoms with E-state index in [2.05, 4.69) is 6.07 Å². The summed E-state index contributed by atoms with van der Waals surface area (Å²) in [5.74, 6) is 0. The lowest BCUT2D eigenvalue weighted by atomic mass is 10.1. The second kappa shape index (κ2) is 5.13. The van der Waals surface area contributed by atoms with Gasteiger partial charge in [-0.1, -0.05) is 23.8 Å². The molecule has 0 aliphatic heterocycles. The van der Waals surface area contributed by atoms with Crippen molar-refractivity contribution in [2.45, 2.75) is 33.0 Å². The fourth-order valence-corrected chi connectivity index (χ4v) is 1.21. The summed E-state index contributed by atoms with van der Waals surface area (Å²) in [7, 11) is 0. The van der Waals surface area contributed by atoms with Gasteiger partial charge < -0.3 is 9.84 Å². The third-order valence-electron chi connectivity index (χ3n) is 2.00. The minimum atomic E-state index is -0.415. The molecule has 0 saturated carbocycles. The maximum absolute atomic E-state index is 9.07. The summed E-state index contributed by atoms with van der Waals surface area (Å²) >= 11 is 0. The molecule has 0 aliphatic carbocycles. The number of rotatable bonds is 4. The quantitative estimate of drug-likeness (QED) is 0.794. The first-order chi connectivity index (χ1) is 6.59. The number of hydrogen-bond acceptors (Lipinski definition) is 2. The van der Waals surface area contributed by atoms with Crippen LogP contribution in [0.3, 0.4) is 0 Å². The Morgan fingerprint density at radius 2 is 2.21 bits per heavy atom. The van der Waals surface area contributed by atoms with E-state index in [1.807, 2.05) is 32.0 Å². The van der Waals surface area contributed by atoms with Crippen molar-refractivity contribution in [3.63, 3.8) is 0 Å². The Balaban J connectivity index is 2.56. The molecule has 1 radical (unpaired) electrons.